The Morgan fingerprint density at radius 3 is 2.74 bits per heavy atom. The summed E-state index contributed by atoms with van der Waals surface area (Å²) in [6, 6.07) is 7.62. The van der Waals surface area contributed by atoms with Gasteiger partial charge in [0, 0.05) is 11.5 Å². The van der Waals surface area contributed by atoms with E-state index in [0.717, 1.165) is 30.9 Å². The first-order valence-corrected chi connectivity index (χ1v) is 6.63. The van der Waals surface area contributed by atoms with E-state index < -0.39 is 0 Å². The van der Waals surface area contributed by atoms with Crippen LogP contribution in [0.2, 0.25) is 0 Å². The minimum absolute atomic E-state index is 0.182. The molecule has 1 aliphatic rings. The van der Waals surface area contributed by atoms with Gasteiger partial charge < -0.3 is 14.2 Å². The Morgan fingerprint density at radius 1 is 1.42 bits per heavy atom. The van der Waals surface area contributed by atoms with E-state index in [9.17, 15) is 4.79 Å². The van der Waals surface area contributed by atoms with Gasteiger partial charge in [-0.2, -0.15) is 0 Å². The molecular formula is C15H20O4. The lowest BCUT2D eigenvalue weighted by molar-refractivity contribution is -0.146. The zero-order chi connectivity index (χ0) is 13.7. The predicted molar refractivity (Wildman–Crippen MR) is 71.3 cm³/mol. The molecule has 0 amide bonds. The molecule has 1 aliphatic heterocycles. The summed E-state index contributed by atoms with van der Waals surface area (Å²) in [4.78, 5) is 12.2. The van der Waals surface area contributed by atoms with Gasteiger partial charge in [0.15, 0.2) is 0 Å². The number of carbonyl (C=O) groups is 1. The van der Waals surface area contributed by atoms with Crippen LogP contribution in [0.15, 0.2) is 24.3 Å². The Hall–Kier alpha value is -1.55. The molecule has 1 atom stereocenters. The van der Waals surface area contributed by atoms with Gasteiger partial charge in [-0.15, -0.1) is 0 Å². The predicted octanol–water partition coefficient (Wildman–Crippen LogP) is 2.38. The van der Waals surface area contributed by atoms with Crippen molar-refractivity contribution in [3.8, 4) is 5.75 Å². The molecule has 1 aromatic carbocycles. The molecule has 1 aromatic rings. The zero-order valence-electron chi connectivity index (χ0n) is 11.4. The molecule has 0 aromatic heterocycles. The SMILES string of the molecule is CCOC(=O)C(CC1COC1)c1ccccc1OC. The highest BCUT2D eigenvalue weighted by Gasteiger charge is 2.31. The van der Waals surface area contributed by atoms with E-state index in [2.05, 4.69) is 0 Å². The lowest BCUT2D eigenvalue weighted by Crippen LogP contribution is -2.31. The van der Waals surface area contributed by atoms with E-state index in [0.29, 0.717) is 12.5 Å². The van der Waals surface area contributed by atoms with Gasteiger partial charge in [-0.3, -0.25) is 4.79 Å². The van der Waals surface area contributed by atoms with Crippen LogP contribution in [-0.2, 0) is 14.3 Å². The second kappa shape index (κ2) is 6.57. The number of hydrogen-bond donors (Lipinski definition) is 0. The molecule has 0 radical (unpaired) electrons. The van der Waals surface area contributed by atoms with Crippen LogP contribution in [0.1, 0.15) is 24.8 Å². The van der Waals surface area contributed by atoms with E-state index >= 15 is 0 Å². The molecule has 1 saturated heterocycles. The summed E-state index contributed by atoms with van der Waals surface area (Å²) in [5.74, 6) is 0.712. The third kappa shape index (κ3) is 3.26. The van der Waals surface area contributed by atoms with Crippen molar-refractivity contribution < 1.29 is 19.0 Å². The highest BCUT2D eigenvalue weighted by atomic mass is 16.5. The molecule has 19 heavy (non-hydrogen) atoms. The quantitative estimate of drug-likeness (QED) is 0.740. The minimum atomic E-state index is -0.273. The lowest BCUT2D eigenvalue weighted by Gasteiger charge is -2.29. The van der Waals surface area contributed by atoms with Gasteiger partial charge in [0.1, 0.15) is 5.75 Å². The van der Waals surface area contributed by atoms with E-state index in [4.69, 9.17) is 14.2 Å². The Kier molecular flexibility index (Phi) is 4.80. The third-order valence-electron chi connectivity index (χ3n) is 3.36. The summed E-state index contributed by atoms with van der Waals surface area (Å²) < 4.78 is 15.7. The number of benzene rings is 1. The number of methoxy groups -OCH3 is 1. The van der Waals surface area contributed by atoms with Crippen molar-refractivity contribution in [3.05, 3.63) is 29.8 Å². The van der Waals surface area contributed by atoms with E-state index in [1.54, 1.807) is 7.11 Å². The summed E-state index contributed by atoms with van der Waals surface area (Å²) in [6.07, 6.45) is 0.749. The maximum absolute atomic E-state index is 12.2. The standard InChI is InChI=1S/C15H20O4/c1-3-19-15(16)13(8-11-9-18-10-11)12-6-4-5-7-14(12)17-2/h4-7,11,13H,3,8-10H2,1-2H3. The first-order chi connectivity index (χ1) is 9.26. The summed E-state index contributed by atoms with van der Waals surface area (Å²) >= 11 is 0. The Bertz CT molecular complexity index is 426. The van der Waals surface area contributed by atoms with E-state index in [1.165, 1.54) is 0 Å². The van der Waals surface area contributed by atoms with E-state index in [-0.39, 0.29) is 11.9 Å². The number of rotatable bonds is 6. The molecule has 0 bridgehead atoms. The molecule has 0 saturated carbocycles. The topological polar surface area (TPSA) is 44.8 Å². The molecule has 0 N–H and O–H groups in total. The van der Waals surface area contributed by atoms with Gasteiger partial charge in [0.25, 0.3) is 0 Å². The molecular weight excluding hydrogens is 244 g/mol. The monoisotopic (exact) mass is 264 g/mol. The van der Waals surface area contributed by atoms with Gasteiger partial charge in [0.2, 0.25) is 0 Å². The van der Waals surface area contributed by atoms with Crippen molar-refractivity contribution >= 4 is 5.97 Å². The summed E-state index contributed by atoms with van der Waals surface area (Å²) in [6.45, 7) is 3.67. The molecule has 0 aliphatic carbocycles. The van der Waals surface area contributed by atoms with Crippen LogP contribution in [0, 0.1) is 5.92 Å². The van der Waals surface area contributed by atoms with Crippen LogP contribution in [0.4, 0.5) is 0 Å². The number of esters is 1. The van der Waals surface area contributed by atoms with Crippen molar-refractivity contribution in [2.75, 3.05) is 26.9 Å². The number of carbonyl (C=O) groups excluding carboxylic acids is 1. The minimum Gasteiger partial charge on any atom is -0.496 e. The summed E-state index contributed by atoms with van der Waals surface area (Å²) in [5.41, 5.74) is 0.898. The first-order valence-electron chi connectivity index (χ1n) is 6.63. The molecule has 4 heteroatoms. The van der Waals surface area contributed by atoms with Gasteiger partial charge in [0.05, 0.1) is 32.8 Å². The van der Waals surface area contributed by atoms with Gasteiger partial charge >= 0.3 is 5.97 Å². The average molecular weight is 264 g/mol. The van der Waals surface area contributed by atoms with Crippen LogP contribution in [0.3, 0.4) is 0 Å². The average Bonchev–Trinajstić information content (AvgIpc) is 2.38. The molecule has 104 valence electrons. The number of ether oxygens (including phenoxy) is 3. The molecule has 1 heterocycles. The van der Waals surface area contributed by atoms with Crippen LogP contribution < -0.4 is 4.74 Å². The molecule has 0 spiro atoms. The Labute approximate surface area is 113 Å². The Morgan fingerprint density at radius 2 is 2.16 bits per heavy atom. The summed E-state index contributed by atoms with van der Waals surface area (Å²) in [5, 5.41) is 0. The number of hydrogen-bond acceptors (Lipinski definition) is 4. The maximum atomic E-state index is 12.2. The van der Waals surface area contributed by atoms with Crippen LogP contribution in [-0.4, -0.2) is 32.9 Å². The number of para-hydroxylation sites is 1. The fourth-order valence-electron chi connectivity index (χ4n) is 2.30. The summed E-state index contributed by atoms with van der Waals surface area (Å²) in [7, 11) is 1.62. The second-order valence-corrected chi connectivity index (χ2v) is 4.69. The van der Waals surface area contributed by atoms with Gasteiger partial charge in [-0.05, 0) is 19.4 Å². The Balaban J connectivity index is 2.21. The van der Waals surface area contributed by atoms with Crippen molar-refractivity contribution in [2.45, 2.75) is 19.3 Å². The van der Waals surface area contributed by atoms with Crippen molar-refractivity contribution in [1.82, 2.24) is 0 Å². The highest BCUT2D eigenvalue weighted by Crippen LogP contribution is 2.34. The molecule has 1 unspecified atom stereocenters. The van der Waals surface area contributed by atoms with Crippen LogP contribution in [0.5, 0.6) is 5.75 Å². The molecule has 4 nitrogen and oxygen atoms in total. The van der Waals surface area contributed by atoms with Gasteiger partial charge in [-0.1, -0.05) is 18.2 Å². The highest BCUT2D eigenvalue weighted by molar-refractivity contribution is 5.79. The molecule has 1 fully saturated rings. The van der Waals surface area contributed by atoms with Gasteiger partial charge in [-0.25, -0.2) is 0 Å². The first kappa shape index (κ1) is 13.9. The largest absolute Gasteiger partial charge is 0.496 e. The third-order valence-corrected chi connectivity index (χ3v) is 3.36. The smallest absolute Gasteiger partial charge is 0.313 e. The lowest BCUT2D eigenvalue weighted by atomic mass is 9.87. The van der Waals surface area contributed by atoms with Crippen molar-refractivity contribution in [1.29, 1.82) is 0 Å². The fourth-order valence-corrected chi connectivity index (χ4v) is 2.30. The fraction of sp³-hybridized carbons (Fsp3) is 0.533. The van der Waals surface area contributed by atoms with Crippen molar-refractivity contribution in [2.24, 2.45) is 5.92 Å². The van der Waals surface area contributed by atoms with Crippen LogP contribution in [0.25, 0.3) is 0 Å². The van der Waals surface area contributed by atoms with Crippen LogP contribution >= 0.6 is 0 Å². The normalized spacial score (nSPS) is 16.5. The second-order valence-electron chi connectivity index (χ2n) is 4.69. The zero-order valence-corrected chi connectivity index (χ0v) is 11.4. The molecule has 2 rings (SSSR count). The maximum Gasteiger partial charge on any atom is 0.313 e. The van der Waals surface area contributed by atoms with Crippen molar-refractivity contribution in [3.63, 3.8) is 0 Å². The van der Waals surface area contributed by atoms with E-state index in [1.807, 2.05) is 31.2 Å².